The second-order valence-electron chi connectivity index (χ2n) is 3.14. The molecule has 0 amide bonds. The lowest BCUT2D eigenvalue weighted by Gasteiger charge is -2.01. The largest absolute Gasteiger partial charge is 0.481 e. The van der Waals surface area contributed by atoms with Gasteiger partial charge < -0.3 is 15.2 Å². The van der Waals surface area contributed by atoms with Crippen LogP contribution in [-0.2, 0) is 4.74 Å². The van der Waals surface area contributed by atoms with Crippen molar-refractivity contribution in [3.05, 3.63) is 17.1 Å². The number of nitrogen functional groups attached to an aromatic ring is 1. The number of thiazole rings is 1. The van der Waals surface area contributed by atoms with Crippen LogP contribution in [0.4, 0.5) is 5.13 Å². The number of carbonyl (C=O) groups is 1. The standard InChI is InChI=1S/C10H10N4O3S/c1-16-5-3-4-12-8(13-5)6-7(9(15)17-2)18-10(11)14-6/h3-4H,1-2H3,(H2,11,14). The van der Waals surface area contributed by atoms with E-state index in [0.717, 1.165) is 11.3 Å². The van der Waals surface area contributed by atoms with Crippen LogP contribution in [0.1, 0.15) is 9.67 Å². The molecule has 0 bridgehead atoms. The summed E-state index contributed by atoms with van der Waals surface area (Å²) in [6, 6.07) is 1.59. The Morgan fingerprint density at radius 1 is 1.39 bits per heavy atom. The third kappa shape index (κ3) is 2.23. The lowest BCUT2D eigenvalue weighted by Crippen LogP contribution is -2.02. The average molecular weight is 266 g/mol. The van der Waals surface area contributed by atoms with Gasteiger partial charge in [0.15, 0.2) is 11.0 Å². The minimum absolute atomic E-state index is 0.247. The Morgan fingerprint density at radius 2 is 2.17 bits per heavy atom. The monoisotopic (exact) mass is 266 g/mol. The van der Waals surface area contributed by atoms with Crippen molar-refractivity contribution in [3.8, 4) is 17.4 Å². The van der Waals surface area contributed by atoms with Gasteiger partial charge in [-0.3, -0.25) is 0 Å². The van der Waals surface area contributed by atoms with Crippen LogP contribution in [0.5, 0.6) is 5.88 Å². The van der Waals surface area contributed by atoms with E-state index in [2.05, 4.69) is 19.7 Å². The highest BCUT2D eigenvalue weighted by Crippen LogP contribution is 2.28. The first-order valence-corrected chi connectivity index (χ1v) is 5.69. The quantitative estimate of drug-likeness (QED) is 0.826. The molecular weight excluding hydrogens is 256 g/mol. The van der Waals surface area contributed by atoms with Crippen molar-refractivity contribution in [1.29, 1.82) is 0 Å². The highest BCUT2D eigenvalue weighted by Gasteiger charge is 2.21. The molecule has 8 heteroatoms. The number of esters is 1. The summed E-state index contributed by atoms with van der Waals surface area (Å²) in [5.41, 5.74) is 5.89. The molecule has 0 fully saturated rings. The highest BCUT2D eigenvalue weighted by atomic mass is 32.1. The Kier molecular flexibility index (Phi) is 3.38. The summed E-state index contributed by atoms with van der Waals surface area (Å²) in [7, 11) is 2.77. The van der Waals surface area contributed by atoms with Crippen molar-refractivity contribution in [2.24, 2.45) is 0 Å². The second kappa shape index (κ2) is 4.96. The molecule has 2 rings (SSSR count). The number of nitrogens with two attached hydrogens (primary N) is 1. The summed E-state index contributed by atoms with van der Waals surface area (Å²) in [5.74, 6) is 0.121. The fourth-order valence-electron chi connectivity index (χ4n) is 1.29. The summed E-state index contributed by atoms with van der Waals surface area (Å²) < 4.78 is 9.64. The molecule has 0 saturated carbocycles. The molecule has 2 heterocycles. The Morgan fingerprint density at radius 3 is 2.83 bits per heavy atom. The first-order valence-electron chi connectivity index (χ1n) is 4.87. The summed E-state index contributed by atoms with van der Waals surface area (Å²) in [6.07, 6.45) is 1.51. The zero-order valence-electron chi connectivity index (χ0n) is 9.71. The first-order chi connectivity index (χ1) is 8.65. The van der Waals surface area contributed by atoms with Gasteiger partial charge in [-0.05, 0) is 0 Å². The summed E-state index contributed by atoms with van der Waals surface area (Å²) in [4.78, 5) is 24.0. The Bertz CT molecular complexity index is 584. The maximum Gasteiger partial charge on any atom is 0.350 e. The second-order valence-corrected chi connectivity index (χ2v) is 4.17. The van der Waals surface area contributed by atoms with Gasteiger partial charge in [0.05, 0.1) is 14.2 Å². The molecule has 0 saturated heterocycles. The summed E-state index contributed by atoms with van der Waals surface area (Å²) in [5, 5.41) is 0.247. The zero-order valence-corrected chi connectivity index (χ0v) is 10.5. The fraction of sp³-hybridized carbons (Fsp3) is 0.200. The average Bonchev–Trinajstić information content (AvgIpc) is 2.80. The van der Waals surface area contributed by atoms with Gasteiger partial charge in [-0.15, -0.1) is 0 Å². The molecule has 7 nitrogen and oxygen atoms in total. The molecule has 0 atom stereocenters. The molecule has 0 aliphatic rings. The molecule has 94 valence electrons. The maximum absolute atomic E-state index is 11.6. The minimum Gasteiger partial charge on any atom is -0.481 e. The summed E-state index contributed by atoms with van der Waals surface area (Å²) in [6.45, 7) is 0. The van der Waals surface area contributed by atoms with Crippen molar-refractivity contribution in [2.75, 3.05) is 20.0 Å². The molecular formula is C10H10N4O3S. The smallest absolute Gasteiger partial charge is 0.350 e. The van der Waals surface area contributed by atoms with Crippen LogP contribution in [0.25, 0.3) is 11.5 Å². The van der Waals surface area contributed by atoms with Gasteiger partial charge in [-0.2, -0.15) is 4.98 Å². The van der Waals surface area contributed by atoms with Crippen molar-refractivity contribution >= 4 is 22.4 Å². The zero-order chi connectivity index (χ0) is 13.1. The van der Waals surface area contributed by atoms with E-state index in [1.807, 2.05) is 0 Å². The van der Waals surface area contributed by atoms with Gasteiger partial charge in [0, 0.05) is 12.3 Å². The van der Waals surface area contributed by atoms with Crippen LogP contribution in [0, 0.1) is 0 Å². The van der Waals surface area contributed by atoms with Gasteiger partial charge in [0.25, 0.3) is 0 Å². The maximum atomic E-state index is 11.6. The molecule has 0 aliphatic heterocycles. The van der Waals surface area contributed by atoms with E-state index < -0.39 is 5.97 Å². The van der Waals surface area contributed by atoms with Crippen LogP contribution in [0.2, 0.25) is 0 Å². The van der Waals surface area contributed by atoms with Gasteiger partial charge in [0.1, 0.15) is 10.6 Å². The van der Waals surface area contributed by atoms with Crippen LogP contribution in [0.15, 0.2) is 12.3 Å². The highest BCUT2D eigenvalue weighted by molar-refractivity contribution is 7.17. The molecule has 2 aromatic heterocycles. The predicted octanol–water partition coefficient (Wildman–Crippen LogP) is 0.977. The van der Waals surface area contributed by atoms with Crippen LogP contribution in [-0.4, -0.2) is 35.1 Å². The Labute approximate surface area is 107 Å². The van der Waals surface area contributed by atoms with Crippen LogP contribution < -0.4 is 10.5 Å². The van der Waals surface area contributed by atoms with Crippen LogP contribution >= 0.6 is 11.3 Å². The number of aromatic nitrogens is 3. The number of hydrogen-bond acceptors (Lipinski definition) is 8. The van der Waals surface area contributed by atoms with E-state index in [-0.39, 0.29) is 15.8 Å². The number of carbonyl (C=O) groups excluding carboxylic acids is 1. The van der Waals surface area contributed by atoms with Gasteiger partial charge in [-0.25, -0.2) is 14.8 Å². The molecule has 18 heavy (non-hydrogen) atoms. The van der Waals surface area contributed by atoms with E-state index >= 15 is 0 Å². The number of hydrogen-bond donors (Lipinski definition) is 1. The van der Waals surface area contributed by atoms with E-state index in [9.17, 15) is 4.79 Å². The summed E-state index contributed by atoms with van der Waals surface area (Å²) >= 11 is 1.03. The van der Waals surface area contributed by atoms with E-state index in [1.165, 1.54) is 20.4 Å². The van der Waals surface area contributed by atoms with Gasteiger partial charge in [0.2, 0.25) is 5.88 Å². The molecule has 0 aromatic carbocycles. The van der Waals surface area contributed by atoms with E-state index in [1.54, 1.807) is 6.07 Å². The Hall–Kier alpha value is -2.22. The number of ether oxygens (including phenoxy) is 2. The third-order valence-electron chi connectivity index (χ3n) is 2.07. The topological polar surface area (TPSA) is 100 Å². The minimum atomic E-state index is -0.523. The fourth-order valence-corrected chi connectivity index (χ4v) is 2.04. The van der Waals surface area contributed by atoms with E-state index in [0.29, 0.717) is 11.6 Å². The normalized spacial score (nSPS) is 10.1. The third-order valence-corrected chi connectivity index (χ3v) is 2.93. The Balaban J connectivity index is 2.52. The predicted molar refractivity (Wildman–Crippen MR) is 65.4 cm³/mol. The molecule has 2 aromatic rings. The van der Waals surface area contributed by atoms with Crippen molar-refractivity contribution in [3.63, 3.8) is 0 Å². The molecule has 0 aliphatic carbocycles. The van der Waals surface area contributed by atoms with Gasteiger partial charge >= 0.3 is 5.97 Å². The number of methoxy groups -OCH3 is 2. The van der Waals surface area contributed by atoms with Crippen molar-refractivity contribution < 1.29 is 14.3 Å². The number of rotatable bonds is 3. The van der Waals surface area contributed by atoms with Crippen molar-refractivity contribution in [2.45, 2.75) is 0 Å². The van der Waals surface area contributed by atoms with Gasteiger partial charge in [-0.1, -0.05) is 11.3 Å². The van der Waals surface area contributed by atoms with Crippen molar-refractivity contribution in [1.82, 2.24) is 15.0 Å². The molecule has 0 radical (unpaired) electrons. The SMILES string of the molecule is COC(=O)c1sc(N)nc1-c1nccc(OC)n1. The first kappa shape index (κ1) is 12.2. The molecule has 2 N–H and O–H groups in total. The molecule has 0 unspecified atom stereocenters. The lowest BCUT2D eigenvalue weighted by molar-refractivity contribution is 0.0607. The number of anilines is 1. The van der Waals surface area contributed by atoms with E-state index in [4.69, 9.17) is 10.5 Å². The van der Waals surface area contributed by atoms with Crippen LogP contribution in [0.3, 0.4) is 0 Å². The number of nitrogens with zero attached hydrogens (tertiary/aromatic N) is 3. The molecule has 0 spiro atoms. The lowest BCUT2D eigenvalue weighted by atomic mass is 10.3.